The fourth-order valence-electron chi connectivity index (χ4n) is 2.36. The fourth-order valence-corrected chi connectivity index (χ4v) is 2.36. The number of amides is 1. The van der Waals surface area contributed by atoms with Gasteiger partial charge in [-0.05, 0) is 35.6 Å². The highest BCUT2D eigenvalue weighted by molar-refractivity contribution is 5.77. The van der Waals surface area contributed by atoms with E-state index in [0.717, 1.165) is 11.3 Å². The van der Waals surface area contributed by atoms with E-state index in [0.29, 0.717) is 6.54 Å². The number of rotatable bonds is 5. The van der Waals surface area contributed by atoms with Gasteiger partial charge in [-0.1, -0.05) is 62.7 Å². The normalized spacial score (nSPS) is 11.2. The predicted octanol–water partition coefficient (Wildman–Crippen LogP) is 4.33. The lowest BCUT2D eigenvalue weighted by molar-refractivity contribution is -0.132. The molecule has 0 aliphatic heterocycles. The molecule has 0 unspecified atom stereocenters. The van der Waals surface area contributed by atoms with Crippen LogP contribution in [0.4, 0.5) is 0 Å². The lowest BCUT2D eigenvalue weighted by atomic mass is 9.87. The maximum atomic E-state index is 12.2. The maximum absolute atomic E-state index is 12.2. The maximum Gasteiger partial charge on any atom is 0.260 e. The standard InChI is InChI=1S/C21H27NO2/c1-16-6-8-17(9-7-16)14-22(5)20(23)15-24-19-12-10-18(11-13-19)21(2,3)4/h6-13H,14-15H2,1-5H3. The Morgan fingerprint density at radius 2 is 1.58 bits per heavy atom. The van der Waals surface area contributed by atoms with Gasteiger partial charge in [0.1, 0.15) is 5.75 Å². The number of ether oxygens (including phenoxy) is 1. The Kier molecular flexibility index (Phi) is 5.66. The summed E-state index contributed by atoms with van der Waals surface area (Å²) >= 11 is 0. The summed E-state index contributed by atoms with van der Waals surface area (Å²) < 4.78 is 5.62. The van der Waals surface area contributed by atoms with Crippen molar-refractivity contribution in [3.05, 3.63) is 65.2 Å². The summed E-state index contributed by atoms with van der Waals surface area (Å²) in [6, 6.07) is 16.2. The molecule has 0 saturated carbocycles. The van der Waals surface area contributed by atoms with Crippen molar-refractivity contribution in [1.82, 2.24) is 4.90 Å². The zero-order chi connectivity index (χ0) is 17.7. The summed E-state index contributed by atoms with van der Waals surface area (Å²) in [5, 5.41) is 0. The van der Waals surface area contributed by atoms with Crippen molar-refractivity contribution in [2.45, 2.75) is 39.7 Å². The van der Waals surface area contributed by atoms with Crippen molar-refractivity contribution in [3.8, 4) is 5.75 Å². The smallest absolute Gasteiger partial charge is 0.260 e. The Labute approximate surface area is 145 Å². The summed E-state index contributed by atoms with van der Waals surface area (Å²) in [4.78, 5) is 13.9. The molecule has 0 atom stereocenters. The average Bonchev–Trinajstić information content (AvgIpc) is 2.54. The molecule has 0 fully saturated rings. The molecule has 0 radical (unpaired) electrons. The molecule has 1 amide bonds. The van der Waals surface area contributed by atoms with Crippen LogP contribution in [-0.2, 0) is 16.8 Å². The van der Waals surface area contributed by atoms with Crippen molar-refractivity contribution in [3.63, 3.8) is 0 Å². The molecule has 3 nitrogen and oxygen atoms in total. The largest absolute Gasteiger partial charge is 0.484 e. The third-order valence-electron chi connectivity index (χ3n) is 4.05. The van der Waals surface area contributed by atoms with E-state index < -0.39 is 0 Å². The van der Waals surface area contributed by atoms with Gasteiger partial charge in [0, 0.05) is 13.6 Å². The van der Waals surface area contributed by atoms with E-state index >= 15 is 0 Å². The molecule has 0 spiro atoms. The van der Waals surface area contributed by atoms with E-state index in [-0.39, 0.29) is 17.9 Å². The van der Waals surface area contributed by atoms with Crippen LogP contribution in [0, 0.1) is 6.92 Å². The Morgan fingerprint density at radius 1 is 1.00 bits per heavy atom. The van der Waals surface area contributed by atoms with Gasteiger partial charge in [0.25, 0.3) is 5.91 Å². The highest BCUT2D eigenvalue weighted by Gasteiger charge is 2.14. The summed E-state index contributed by atoms with van der Waals surface area (Å²) in [5.74, 6) is 0.690. The van der Waals surface area contributed by atoms with Gasteiger partial charge in [0.15, 0.2) is 6.61 Å². The third kappa shape index (κ3) is 5.12. The molecule has 2 aromatic carbocycles. The molecular weight excluding hydrogens is 298 g/mol. The van der Waals surface area contributed by atoms with Crippen LogP contribution in [0.2, 0.25) is 0 Å². The molecule has 2 aromatic rings. The minimum atomic E-state index is -0.0320. The molecule has 0 aromatic heterocycles. The molecular formula is C21H27NO2. The van der Waals surface area contributed by atoms with Gasteiger partial charge >= 0.3 is 0 Å². The second kappa shape index (κ2) is 7.52. The molecule has 0 N–H and O–H groups in total. The van der Waals surface area contributed by atoms with Gasteiger partial charge in [-0.15, -0.1) is 0 Å². The van der Waals surface area contributed by atoms with Gasteiger partial charge < -0.3 is 9.64 Å². The molecule has 0 aliphatic rings. The second-order valence-corrected chi connectivity index (χ2v) is 7.30. The van der Waals surface area contributed by atoms with Crippen LogP contribution in [0.5, 0.6) is 5.75 Å². The minimum absolute atomic E-state index is 0.0320. The monoisotopic (exact) mass is 325 g/mol. The van der Waals surface area contributed by atoms with E-state index in [1.165, 1.54) is 11.1 Å². The molecule has 0 bridgehead atoms. The van der Waals surface area contributed by atoms with Gasteiger partial charge in [0.05, 0.1) is 0 Å². The zero-order valence-corrected chi connectivity index (χ0v) is 15.3. The lowest BCUT2D eigenvalue weighted by Gasteiger charge is -2.20. The highest BCUT2D eigenvalue weighted by atomic mass is 16.5. The van der Waals surface area contributed by atoms with Crippen LogP contribution >= 0.6 is 0 Å². The van der Waals surface area contributed by atoms with E-state index in [4.69, 9.17) is 4.74 Å². The number of benzene rings is 2. The van der Waals surface area contributed by atoms with Crippen molar-refractivity contribution >= 4 is 5.91 Å². The van der Waals surface area contributed by atoms with Crippen molar-refractivity contribution in [1.29, 1.82) is 0 Å². The molecule has 3 heteroatoms. The van der Waals surface area contributed by atoms with E-state index in [1.54, 1.807) is 11.9 Å². The number of hydrogen-bond donors (Lipinski definition) is 0. The first-order chi connectivity index (χ1) is 11.3. The number of nitrogens with zero attached hydrogens (tertiary/aromatic N) is 1. The molecule has 128 valence electrons. The average molecular weight is 325 g/mol. The van der Waals surface area contributed by atoms with Crippen molar-refractivity contribution < 1.29 is 9.53 Å². The third-order valence-corrected chi connectivity index (χ3v) is 4.05. The first-order valence-corrected chi connectivity index (χ1v) is 8.28. The van der Waals surface area contributed by atoms with Gasteiger partial charge in [-0.25, -0.2) is 0 Å². The van der Waals surface area contributed by atoms with Crippen LogP contribution in [0.15, 0.2) is 48.5 Å². The van der Waals surface area contributed by atoms with Crippen molar-refractivity contribution in [2.75, 3.05) is 13.7 Å². The lowest BCUT2D eigenvalue weighted by Crippen LogP contribution is -2.30. The van der Waals surface area contributed by atoms with Gasteiger partial charge in [-0.2, -0.15) is 0 Å². The van der Waals surface area contributed by atoms with Crippen LogP contribution in [0.1, 0.15) is 37.5 Å². The van der Waals surface area contributed by atoms with Crippen LogP contribution < -0.4 is 4.74 Å². The second-order valence-electron chi connectivity index (χ2n) is 7.30. The number of aryl methyl sites for hydroxylation is 1. The van der Waals surface area contributed by atoms with E-state index in [1.807, 2.05) is 24.3 Å². The van der Waals surface area contributed by atoms with Crippen LogP contribution in [-0.4, -0.2) is 24.5 Å². The number of hydrogen-bond acceptors (Lipinski definition) is 2. The van der Waals surface area contributed by atoms with Crippen LogP contribution in [0.25, 0.3) is 0 Å². The topological polar surface area (TPSA) is 29.5 Å². The highest BCUT2D eigenvalue weighted by Crippen LogP contribution is 2.24. The first-order valence-electron chi connectivity index (χ1n) is 8.28. The SMILES string of the molecule is Cc1ccc(CN(C)C(=O)COc2ccc(C(C)(C)C)cc2)cc1. The van der Waals surface area contributed by atoms with Gasteiger partial charge in [0.2, 0.25) is 0 Å². The zero-order valence-electron chi connectivity index (χ0n) is 15.3. The Balaban J connectivity index is 1.86. The molecule has 0 heterocycles. The predicted molar refractivity (Wildman–Crippen MR) is 98.3 cm³/mol. The summed E-state index contributed by atoms with van der Waals surface area (Å²) in [7, 11) is 1.80. The Bertz CT molecular complexity index is 666. The molecule has 2 rings (SSSR count). The minimum Gasteiger partial charge on any atom is -0.484 e. The number of carbonyl (C=O) groups is 1. The van der Waals surface area contributed by atoms with Crippen LogP contribution in [0.3, 0.4) is 0 Å². The molecule has 0 aliphatic carbocycles. The molecule has 0 saturated heterocycles. The van der Waals surface area contributed by atoms with Gasteiger partial charge in [-0.3, -0.25) is 4.79 Å². The Morgan fingerprint density at radius 3 is 2.12 bits per heavy atom. The first kappa shape index (κ1) is 18.1. The number of likely N-dealkylation sites (N-methyl/N-ethyl adjacent to an activating group) is 1. The van der Waals surface area contributed by atoms with Crippen molar-refractivity contribution in [2.24, 2.45) is 0 Å². The number of carbonyl (C=O) groups excluding carboxylic acids is 1. The summed E-state index contributed by atoms with van der Waals surface area (Å²) in [5.41, 5.74) is 3.70. The van der Waals surface area contributed by atoms with E-state index in [2.05, 4.69) is 52.0 Å². The quantitative estimate of drug-likeness (QED) is 0.819. The fraction of sp³-hybridized carbons (Fsp3) is 0.381. The summed E-state index contributed by atoms with van der Waals surface area (Å²) in [6.45, 7) is 9.21. The Hall–Kier alpha value is -2.29. The molecule has 24 heavy (non-hydrogen) atoms. The summed E-state index contributed by atoms with van der Waals surface area (Å²) in [6.07, 6.45) is 0. The van der Waals surface area contributed by atoms with E-state index in [9.17, 15) is 4.79 Å².